The van der Waals surface area contributed by atoms with Gasteiger partial charge in [0, 0.05) is 56.6 Å². The van der Waals surface area contributed by atoms with Gasteiger partial charge in [0.05, 0.1) is 17.8 Å². The molecule has 1 amide bonds. The van der Waals surface area contributed by atoms with Crippen molar-refractivity contribution in [2.75, 3.05) is 45.0 Å². The number of ether oxygens (including phenoxy) is 3. The maximum atomic E-state index is 13.6. The lowest BCUT2D eigenvalue weighted by Gasteiger charge is -2.36. The highest BCUT2D eigenvalue weighted by molar-refractivity contribution is 6.30. The lowest BCUT2D eigenvalue weighted by Crippen LogP contribution is -2.49. The van der Waals surface area contributed by atoms with Gasteiger partial charge in [-0.05, 0) is 54.1 Å². The minimum Gasteiger partial charge on any atom is -0.497 e. The summed E-state index contributed by atoms with van der Waals surface area (Å²) in [6.07, 6.45) is 3.98. The first-order chi connectivity index (χ1) is 18.1. The Labute approximate surface area is 219 Å². The van der Waals surface area contributed by atoms with Crippen LogP contribution >= 0.6 is 11.6 Å². The Kier molecular flexibility index (Phi) is 6.26. The number of piperazine rings is 1. The number of rotatable bonds is 6. The zero-order valence-electron chi connectivity index (χ0n) is 20.5. The summed E-state index contributed by atoms with van der Waals surface area (Å²) in [6, 6.07) is 17.6. The Morgan fingerprint density at radius 2 is 1.81 bits per heavy atom. The summed E-state index contributed by atoms with van der Waals surface area (Å²) in [5.41, 5.74) is 3.79. The first-order valence-corrected chi connectivity index (χ1v) is 12.7. The molecule has 6 rings (SSSR count). The highest BCUT2D eigenvalue weighted by Crippen LogP contribution is 2.38. The van der Waals surface area contributed by atoms with Gasteiger partial charge in [0.1, 0.15) is 11.4 Å². The SMILES string of the molecule is COc1ccc(N2CCN(C(=O)CC(c3ccc4c(c3)OCO4)c3cnc4ccc(Cl)cn34)CC2)cc1. The van der Waals surface area contributed by atoms with Crippen molar-refractivity contribution >= 4 is 28.8 Å². The standard InChI is InChI=1S/C28H27ClN4O4/c1-35-22-6-4-21(5-7-22)31-10-12-32(13-11-31)28(34)15-23(19-2-8-25-26(14-19)37-18-36-25)24-16-30-27-9-3-20(29)17-33(24)27/h2-9,14,16-17,23H,10-13,15,18H2,1H3. The topological polar surface area (TPSA) is 68.5 Å². The summed E-state index contributed by atoms with van der Waals surface area (Å²) in [5.74, 6) is 2.12. The van der Waals surface area contributed by atoms with Crippen LogP contribution in [0.25, 0.3) is 5.65 Å². The van der Waals surface area contributed by atoms with Crippen LogP contribution in [0.5, 0.6) is 17.2 Å². The molecule has 0 N–H and O–H groups in total. The normalized spacial score (nSPS) is 15.7. The Morgan fingerprint density at radius 1 is 1.03 bits per heavy atom. The van der Waals surface area contributed by atoms with Crippen molar-refractivity contribution in [3.8, 4) is 17.2 Å². The second-order valence-corrected chi connectivity index (χ2v) is 9.63. The first-order valence-electron chi connectivity index (χ1n) is 12.3. The molecule has 0 radical (unpaired) electrons. The molecule has 1 unspecified atom stereocenters. The molecule has 4 heterocycles. The molecule has 0 saturated carbocycles. The van der Waals surface area contributed by atoms with E-state index in [1.807, 2.05) is 64.2 Å². The molecule has 2 aromatic carbocycles. The Bertz CT molecular complexity index is 1430. The van der Waals surface area contributed by atoms with E-state index in [0.29, 0.717) is 36.0 Å². The average molecular weight is 519 g/mol. The monoisotopic (exact) mass is 518 g/mol. The fourth-order valence-electron chi connectivity index (χ4n) is 5.07. The first kappa shape index (κ1) is 23.5. The van der Waals surface area contributed by atoms with Crippen molar-refractivity contribution in [3.05, 3.63) is 83.3 Å². The number of carbonyl (C=O) groups is 1. The summed E-state index contributed by atoms with van der Waals surface area (Å²) in [5, 5.41) is 0.608. The van der Waals surface area contributed by atoms with E-state index >= 15 is 0 Å². The smallest absolute Gasteiger partial charge is 0.231 e. The van der Waals surface area contributed by atoms with E-state index in [1.54, 1.807) is 7.11 Å². The van der Waals surface area contributed by atoms with Gasteiger partial charge in [-0.25, -0.2) is 4.98 Å². The number of nitrogens with zero attached hydrogens (tertiary/aromatic N) is 4. The van der Waals surface area contributed by atoms with Crippen LogP contribution in [0.15, 0.2) is 67.0 Å². The van der Waals surface area contributed by atoms with Gasteiger partial charge in [-0.2, -0.15) is 0 Å². The maximum Gasteiger partial charge on any atom is 0.231 e. The lowest BCUT2D eigenvalue weighted by molar-refractivity contribution is -0.131. The number of hydrogen-bond donors (Lipinski definition) is 0. The molecule has 4 aromatic rings. The molecule has 37 heavy (non-hydrogen) atoms. The fraction of sp³-hybridized carbons (Fsp3) is 0.286. The van der Waals surface area contributed by atoms with Crippen molar-refractivity contribution < 1.29 is 19.0 Å². The number of methoxy groups -OCH3 is 1. The molecule has 2 aromatic heterocycles. The maximum absolute atomic E-state index is 13.6. The van der Waals surface area contributed by atoms with Gasteiger partial charge in [0.25, 0.3) is 0 Å². The molecule has 2 aliphatic rings. The Hall–Kier alpha value is -3.91. The van der Waals surface area contributed by atoms with Gasteiger partial charge in [0.15, 0.2) is 11.5 Å². The third kappa shape index (κ3) is 4.64. The van der Waals surface area contributed by atoms with E-state index in [0.717, 1.165) is 41.4 Å². The molecule has 2 aliphatic heterocycles. The average Bonchev–Trinajstić information content (AvgIpc) is 3.58. The Morgan fingerprint density at radius 3 is 2.59 bits per heavy atom. The summed E-state index contributed by atoms with van der Waals surface area (Å²) in [4.78, 5) is 22.4. The van der Waals surface area contributed by atoms with Gasteiger partial charge in [-0.15, -0.1) is 0 Å². The molecule has 0 aliphatic carbocycles. The van der Waals surface area contributed by atoms with E-state index in [1.165, 1.54) is 0 Å². The predicted octanol–water partition coefficient (Wildman–Crippen LogP) is 4.60. The summed E-state index contributed by atoms with van der Waals surface area (Å²) >= 11 is 6.31. The number of imidazole rings is 1. The number of carbonyl (C=O) groups excluding carboxylic acids is 1. The zero-order chi connectivity index (χ0) is 25.4. The van der Waals surface area contributed by atoms with Crippen molar-refractivity contribution in [3.63, 3.8) is 0 Å². The molecule has 8 nitrogen and oxygen atoms in total. The molecule has 1 fully saturated rings. The van der Waals surface area contributed by atoms with Gasteiger partial charge in [-0.1, -0.05) is 17.7 Å². The summed E-state index contributed by atoms with van der Waals surface area (Å²) < 4.78 is 18.4. The number of halogens is 1. The molecule has 1 saturated heterocycles. The number of fused-ring (bicyclic) bond motifs is 2. The molecule has 0 bridgehead atoms. The van der Waals surface area contributed by atoms with Crippen molar-refractivity contribution in [1.82, 2.24) is 14.3 Å². The number of aromatic nitrogens is 2. The molecule has 0 spiro atoms. The van der Waals surface area contributed by atoms with E-state index in [-0.39, 0.29) is 18.6 Å². The van der Waals surface area contributed by atoms with Gasteiger partial charge >= 0.3 is 0 Å². The second-order valence-electron chi connectivity index (χ2n) is 9.19. The van der Waals surface area contributed by atoms with Crippen LogP contribution in [0.3, 0.4) is 0 Å². The number of hydrogen-bond acceptors (Lipinski definition) is 6. The molecule has 9 heteroatoms. The van der Waals surface area contributed by atoms with Gasteiger partial charge < -0.3 is 28.4 Å². The zero-order valence-corrected chi connectivity index (χ0v) is 21.2. The summed E-state index contributed by atoms with van der Waals surface area (Å²) in [6.45, 7) is 3.08. The number of amides is 1. The van der Waals surface area contributed by atoms with Crippen molar-refractivity contribution in [2.45, 2.75) is 12.3 Å². The van der Waals surface area contributed by atoms with Crippen LogP contribution in [-0.2, 0) is 4.79 Å². The third-order valence-electron chi connectivity index (χ3n) is 7.10. The molecule has 1 atom stereocenters. The largest absolute Gasteiger partial charge is 0.497 e. The van der Waals surface area contributed by atoms with Gasteiger partial charge in [-0.3, -0.25) is 4.79 Å². The summed E-state index contributed by atoms with van der Waals surface area (Å²) in [7, 11) is 1.66. The second kappa shape index (κ2) is 9.86. The fourth-order valence-corrected chi connectivity index (χ4v) is 5.23. The third-order valence-corrected chi connectivity index (χ3v) is 7.33. The van der Waals surface area contributed by atoms with Crippen LogP contribution in [0, 0.1) is 0 Å². The van der Waals surface area contributed by atoms with Crippen molar-refractivity contribution in [1.29, 1.82) is 0 Å². The Balaban J connectivity index is 1.23. The molecular formula is C28H27ClN4O4. The van der Waals surface area contributed by atoms with Crippen LogP contribution in [0.4, 0.5) is 5.69 Å². The minimum atomic E-state index is -0.227. The van der Waals surface area contributed by atoms with Gasteiger partial charge in [0.2, 0.25) is 12.7 Å². The van der Waals surface area contributed by atoms with E-state index in [9.17, 15) is 4.79 Å². The van der Waals surface area contributed by atoms with E-state index < -0.39 is 0 Å². The van der Waals surface area contributed by atoms with E-state index in [4.69, 9.17) is 25.8 Å². The van der Waals surface area contributed by atoms with Crippen molar-refractivity contribution in [2.24, 2.45) is 0 Å². The van der Waals surface area contributed by atoms with Crippen LogP contribution in [0.2, 0.25) is 5.02 Å². The number of pyridine rings is 1. The minimum absolute atomic E-state index is 0.106. The lowest BCUT2D eigenvalue weighted by atomic mass is 9.91. The molecular weight excluding hydrogens is 492 g/mol. The highest BCUT2D eigenvalue weighted by atomic mass is 35.5. The predicted molar refractivity (Wildman–Crippen MR) is 141 cm³/mol. The highest BCUT2D eigenvalue weighted by Gasteiger charge is 2.28. The quantitative estimate of drug-likeness (QED) is 0.372. The number of anilines is 1. The number of benzene rings is 2. The molecule has 190 valence electrons. The van der Waals surface area contributed by atoms with Crippen LogP contribution in [0.1, 0.15) is 23.6 Å². The van der Waals surface area contributed by atoms with E-state index in [2.05, 4.69) is 22.0 Å². The van der Waals surface area contributed by atoms with Crippen LogP contribution < -0.4 is 19.1 Å². The van der Waals surface area contributed by atoms with Crippen LogP contribution in [-0.4, -0.2) is 60.3 Å².